The van der Waals surface area contributed by atoms with E-state index in [2.05, 4.69) is 68.8 Å². The molecule has 1 aliphatic carbocycles. The van der Waals surface area contributed by atoms with Crippen LogP contribution in [0.25, 0.3) is 16.8 Å². The van der Waals surface area contributed by atoms with Gasteiger partial charge < -0.3 is 14.0 Å². The predicted octanol–water partition coefficient (Wildman–Crippen LogP) is 4.40. The third-order valence-corrected chi connectivity index (χ3v) is 6.68. The SMILES string of the molecule is Cc1cccc(C2CCCc3nc4ccc(-c5cnc(N6CCOCC6)nc5)cn4c32)c1. The maximum atomic E-state index is 5.43. The molecule has 0 bridgehead atoms. The predicted molar refractivity (Wildman–Crippen MR) is 125 cm³/mol. The van der Waals surface area contributed by atoms with Crippen LogP contribution in [0, 0.1) is 6.92 Å². The summed E-state index contributed by atoms with van der Waals surface area (Å²) in [5.41, 5.74) is 8.42. The van der Waals surface area contributed by atoms with Gasteiger partial charge in [0, 0.05) is 48.7 Å². The van der Waals surface area contributed by atoms with Crippen LogP contribution in [0.15, 0.2) is 55.0 Å². The second-order valence-electron chi connectivity index (χ2n) is 8.82. The minimum atomic E-state index is 0.379. The van der Waals surface area contributed by atoms with E-state index in [1.165, 1.54) is 28.9 Å². The first-order valence-corrected chi connectivity index (χ1v) is 11.5. The average molecular weight is 426 g/mol. The Morgan fingerprint density at radius 2 is 1.84 bits per heavy atom. The molecular formula is C26H27N5O. The van der Waals surface area contributed by atoms with Gasteiger partial charge in [-0.2, -0.15) is 0 Å². The molecule has 1 aliphatic heterocycles. The van der Waals surface area contributed by atoms with Crippen molar-refractivity contribution in [2.75, 3.05) is 31.2 Å². The molecule has 6 heteroatoms. The Morgan fingerprint density at radius 1 is 1.00 bits per heavy atom. The highest BCUT2D eigenvalue weighted by Crippen LogP contribution is 2.38. The van der Waals surface area contributed by atoms with Crippen LogP contribution in [0.5, 0.6) is 0 Å². The Kier molecular flexibility index (Phi) is 4.87. The van der Waals surface area contributed by atoms with Crippen molar-refractivity contribution >= 4 is 11.6 Å². The molecule has 0 N–H and O–H groups in total. The normalized spacial score (nSPS) is 18.7. The zero-order valence-electron chi connectivity index (χ0n) is 18.4. The number of rotatable bonds is 3. The van der Waals surface area contributed by atoms with Crippen LogP contribution in [0.2, 0.25) is 0 Å². The highest BCUT2D eigenvalue weighted by molar-refractivity contribution is 5.64. The fourth-order valence-electron chi connectivity index (χ4n) is 5.05. The Labute approximate surface area is 187 Å². The van der Waals surface area contributed by atoms with Gasteiger partial charge in [-0.15, -0.1) is 0 Å². The Hall–Kier alpha value is -3.25. The molecular weight excluding hydrogens is 398 g/mol. The van der Waals surface area contributed by atoms with Crippen LogP contribution in [0.4, 0.5) is 5.95 Å². The molecule has 162 valence electrons. The van der Waals surface area contributed by atoms with E-state index in [-0.39, 0.29) is 0 Å². The first kappa shape index (κ1) is 19.4. The van der Waals surface area contributed by atoms with Crippen molar-refractivity contribution in [2.45, 2.75) is 32.1 Å². The number of ether oxygens (including phenoxy) is 1. The lowest BCUT2D eigenvalue weighted by Gasteiger charge is -2.26. The smallest absolute Gasteiger partial charge is 0.225 e. The van der Waals surface area contributed by atoms with Gasteiger partial charge in [0.1, 0.15) is 5.65 Å². The molecule has 6 nitrogen and oxygen atoms in total. The van der Waals surface area contributed by atoms with Crippen molar-refractivity contribution in [1.82, 2.24) is 19.4 Å². The summed E-state index contributed by atoms with van der Waals surface area (Å²) in [6, 6.07) is 13.2. The molecule has 1 aromatic carbocycles. The molecule has 1 fully saturated rings. The number of nitrogens with zero attached hydrogens (tertiary/aromatic N) is 5. The van der Waals surface area contributed by atoms with Crippen LogP contribution in [0.3, 0.4) is 0 Å². The number of aromatic nitrogens is 4. The lowest BCUT2D eigenvalue weighted by Crippen LogP contribution is -2.37. The molecule has 0 saturated carbocycles. The number of benzene rings is 1. The number of imidazole rings is 1. The van der Waals surface area contributed by atoms with Crippen molar-refractivity contribution in [2.24, 2.45) is 0 Å². The zero-order valence-corrected chi connectivity index (χ0v) is 18.4. The van der Waals surface area contributed by atoms with E-state index in [0.29, 0.717) is 5.92 Å². The van der Waals surface area contributed by atoms with E-state index in [1.807, 2.05) is 12.4 Å². The van der Waals surface area contributed by atoms with E-state index in [9.17, 15) is 0 Å². The fourth-order valence-corrected chi connectivity index (χ4v) is 5.05. The Balaban J connectivity index is 1.38. The maximum Gasteiger partial charge on any atom is 0.225 e. The summed E-state index contributed by atoms with van der Waals surface area (Å²) in [4.78, 5) is 16.4. The minimum Gasteiger partial charge on any atom is -0.378 e. The molecule has 0 amide bonds. The van der Waals surface area contributed by atoms with Gasteiger partial charge in [-0.3, -0.25) is 0 Å². The van der Waals surface area contributed by atoms with Crippen LogP contribution in [-0.4, -0.2) is 45.7 Å². The molecule has 2 aliphatic rings. The van der Waals surface area contributed by atoms with Crippen molar-refractivity contribution in [3.05, 3.63) is 77.5 Å². The molecule has 4 heterocycles. The third kappa shape index (κ3) is 3.45. The van der Waals surface area contributed by atoms with Gasteiger partial charge in [0.25, 0.3) is 0 Å². The third-order valence-electron chi connectivity index (χ3n) is 6.68. The summed E-state index contributed by atoms with van der Waals surface area (Å²) < 4.78 is 7.73. The molecule has 0 radical (unpaired) electrons. The second-order valence-corrected chi connectivity index (χ2v) is 8.82. The molecule has 32 heavy (non-hydrogen) atoms. The zero-order chi connectivity index (χ0) is 21.5. The first-order valence-electron chi connectivity index (χ1n) is 11.5. The number of morpholine rings is 1. The quantitative estimate of drug-likeness (QED) is 0.487. The number of aryl methyl sites for hydroxylation is 2. The van der Waals surface area contributed by atoms with Gasteiger partial charge in [-0.1, -0.05) is 29.8 Å². The van der Waals surface area contributed by atoms with E-state index in [1.54, 1.807) is 0 Å². The van der Waals surface area contributed by atoms with Crippen molar-refractivity contribution in [3.63, 3.8) is 0 Å². The summed E-state index contributed by atoms with van der Waals surface area (Å²) >= 11 is 0. The van der Waals surface area contributed by atoms with Crippen molar-refractivity contribution in [1.29, 1.82) is 0 Å². The lowest BCUT2D eigenvalue weighted by atomic mass is 9.84. The van der Waals surface area contributed by atoms with Crippen LogP contribution >= 0.6 is 0 Å². The molecule has 3 aromatic heterocycles. The van der Waals surface area contributed by atoms with Gasteiger partial charge in [0.15, 0.2) is 0 Å². The van der Waals surface area contributed by atoms with Gasteiger partial charge in [0.05, 0.1) is 24.6 Å². The van der Waals surface area contributed by atoms with Crippen molar-refractivity contribution in [3.8, 4) is 11.1 Å². The molecule has 1 saturated heterocycles. The molecule has 1 unspecified atom stereocenters. The second kappa shape index (κ2) is 8.02. The average Bonchev–Trinajstić information content (AvgIpc) is 3.23. The Morgan fingerprint density at radius 3 is 2.66 bits per heavy atom. The van der Waals surface area contributed by atoms with Crippen LogP contribution in [-0.2, 0) is 11.2 Å². The van der Waals surface area contributed by atoms with Crippen molar-refractivity contribution < 1.29 is 4.74 Å². The monoisotopic (exact) mass is 425 g/mol. The number of hydrogen-bond donors (Lipinski definition) is 0. The highest BCUT2D eigenvalue weighted by Gasteiger charge is 2.27. The lowest BCUT2D eigenvalue weighted by molar-refractivity contribution is 0.122. The number of anilines is 1. The van der Waals surface area contributed by atoms with Gasteiger partial charge in [-0.25, -0.2) is 15.0 Å². The number of fused-ring (bicyclic) bond motifs is 3. The highest BCUT2D eigenvalue weighted by atomic mass is 16.5. The topological polar surface area (TPSA) is 55.5 Å². The molecule has 1 atom stereocenters. The molecule has 0 spiro atoms. The summed E-state index contributed by atoms with van der Waals surface area (Å²) in [5, 5.41) is 0. The van der Waals surface area contributed by atoms with E-state index in [4.69, 9.17) is 9.72 Å². The van der Waals surface area contributed by atoms with E-state index < -0.39 is 0 Å². The van der Waals surface area contributed by atoms with E-state index in [0.717, 1.165) is 61.9 Å². The molecule has 6 rings (SSSR count). The van der Waals surface area contributed by atoms with E-state index >= 15 is 0 Å². The minimum absolute atomic E-state index is 0.379. The maximum absolute atomic E-state index is 5.43. The summed E-state index contributed by atoms with van der Waals surface area (Å²) in [7, 11) is 0. The van der Waals surface area contributed by atoms with Gasteiger partial charge in [0.2, 0.25) is 5.95 Å². The fraction of sp³-hybridized carbons (Fsp3) is 0.346. The van der Waals surface area contributed by atoms with Gasteiger partial charge in [-0.05, 0) is 43.9 Å². The molecule has 4 aromatic rings. The standard InChI is InChI=1S/C26H27N5O/c1-18-4-2-5-19(14-18)22-6-3-7-23-25(22)31-17-20(8-9-24(31)29-23)21-15-27-26(28-16-21)30-10-12-32-13-11-30/h2,4-5,8-9,14-17,22H,3,6-7,10-13H2,1H3. The summed E-state index contributed by atoms with van der Waals surface area (Å²) in [6.07, 6.45) is 9.46. The summed E-state index contributed by atoms with van der Waals surface area (Å²) in [5.74, 6) is 1.15. The van der Waals surface area contributed by atoms with Crippen LogP contribution in [0.1, 0.15) is 41.3 Å². The first-order chi connectivity index (χ1) is 15.8. The van der Waals surface area contributed by atoms with Gasteiger partial charge >= 0.3 is 0 Å². The van der Waals surface area contributed by atoms with Crippen LogP contribution < -0.4 is 4.90 Å². The largest absolute Gasteiger partial charge is 0.378 e. The summed E-state index contributed by atoms with van der Waals surface area (Å²) in [6.45, 7) is 5.31. The Bertz CT molecular complexity index is 1260. The number of hydrogen-bond acceptors (Lipinski definition) is 5. The number of pyridine rings is 1.